The number of benzene rings is 1. The van der Waals surface area contributed by atoms with Crippen molar-refractivity contribution in [2.24, 2.45) is 0 Å². The summed E-state index contributed by atoms with van der Waals surface area (Å²) in [4.78, 5) is 46.9. The van der Waals surface area contributed by atoms with Crippen LogP contribution in [-0.4, -0.2) is 68.2 Å². The summed E-state index contributed by atoms with van der Waals surface area (Å²) in [5.74, 6) is -1.76. The molecule has 0 aromatic heterocycles. The zero-order chi connectivity index (χ0) is 23.8. The van der Waals surface area contributed by atoms with Gasteiger partial charge in [-0.2, -0.15) is 0 Å². The second kappa shape index (κ2) is 11.3. The number of para-hydroxylation sites is 2. The van der Waals surface area contributed by atoms with Gasteiger partial charge in [-0.1, -0.05) is 12.1 Å². The van der Waals surface area contributed by atoms with Crippen LogP contribution < -0.4 is 14.8 Å². The maximum absolute atomic E-state index is 11.9. The molecule has 0 spiro atoms. The van der Waals surface area contributed by atoms with Gasteiger partial charge in [-0.05, 0) is 12.1 Å². The van der Waals surface area contributed by atoms with E-state index in [1.807, 2.05) is 0 Å². The van der Waals surface area contributed by atoms with Crippen LogP contribution in [0.4, 0.5) is 0 Å². The molecular formula is C21H27NO10. The Morgan fingerprint density at radius 1 is 0.906 bits per heavy atom. The first-order chi connectivity index (χ1) is 15.1. The van der Waals surface area contributed by atoms with Crippen molar-refractivity contribution in [2.45, 2.75) is 58.3 Å². The minimum absolute atomic E-state index is 0.286. The molecule has 0 unspecified atom stereocenters. The first-order valence-electron chi connectivity index (χ1n) is 9.82. The van der Waals surface area contributed by atoms with Gasteiger partial charge in [0.05, 0.1) is 7.11 Å². The fourth-order valence-corrected chi connectivity index (χ4v) is 3.23. The molecule has 1 N–H and O–H groups in total. The Morgan fingerprint density at radius 3 is 2.03 bits per heavy atom. The van der Waals surface area contributed by atoms with Crippen molar-refractivity contribution in [3.8, 4) is 11.5 Å². The van der Waals surface area contributed by atoms with Gasteiger partial charge in [0.1, 0.15) is 18.8 Å². The highest BCUT2D eigenvalue weighted by molar-refractivity contribution is 5.73. The summed E-state index contributed by atoms with van der Waals surface area (Å²) in [5, 5.41) is 2.63. The predicted molar refractivity (Wildman–Crippen MR) is 108 cm³/mol. The molecule has 1 aromatic carbocycles. The third-order valence-electron chi connectivity index (χ3n) is 4.38. The lowest BCUT2D eigenvalue weighted by molar-refractivity contribution is -0.257. The van der Waals surface area contributed by atoms with Crippen LogP contribution in [-0.2, 0) is 38.1 Å². The third-order valence-corrected chi connectivity index (χ3v) is 4.38. The van der Waals surface area contributed by atoms with Crippen molar-refractivity contribution in [3.63, 3.8) is 0 Å². The summed E-state index contributed by atoms with van der Waals surface area (Å²) in [6, 6.07) is 5.65. The van der Waals surface area contributed by atoms with Crippen molar-refractivity contribution in [1.82, 2.24) is 5.32 Å². The summed E-state index contributed by atoms with van der Waals surface area (Å²) >= 11 is 0. The Morgan fingerprint density at radius 2 is 1.50 bits per heavy atom. The molecular weight excluding hydrogens is 426 g/mol. The number of ether oxygens (including phenoxy) is 6. The number of hydrogen-bond acceptors (Lipinski definition) is 10. The number of amides is 1. The van der Waals surface area contributed by atoms with E-state index in [-0.39, 0.29) is 12.4 Å². The maximum atomic E-state index is 11.9. The lowest BCUT2D eigenvalue weighted by atomic mass is 9.96. The SMILES string of the molecule is COc1ccccc1O[C@@H]1O[C@H](COC(C)=O)[C@H](OC(C)=O)[C@@H](OC(C)=O)[C@H]1NC(C)=O. The molecule has 32 heavy (non-hydrogen) atoms. The van der Waals surface area contributed by atoms with Crippen molar-refractivity contribution in [3.05, 3.63) is 24.3 Å². The van der Waals surface area contributed by atoms with Gasteiger partial charge in [-0.15, -0.1) is 0 Å². The fourth-order valence-electron chi connectivity index (χ4n) is 3.23. The van der Waals surface area contributed by atoms with E-state index in [4.69, 9.17) is 28.4 Å². The lowest BCUT2D eigenvalue weighted by Gasteiger charge is -2.44. The molecule has 1 aliphatic rings. The first-order valence-corrected chi connectivity index (χ1v) is 9.82. The van der Waals surface area contributed by atoms with Gasteiger partial charge in [0, 0.05) is 27.7 Å². The van der Waals surface area contributed by atoms with Crippen LogP contribution >= 0.6 is 0 Å². The predicted octanol–water partition coefficient (Wildman–Crippen LogP) is 0.730. The van der Waals surface area contributed by atoms with E-state index in [2.05, 4.69) is 5.32 Å². The fraction of sp³-hybridized carbons (Fsp3) is 0.524. The number of carbonyl (C=O) groups is 4. The molecule has 1 aliphatic heterocycles. The van der Waals surface area contributed by atoms with Gasteiger partial charge in [0.2, 0.25) is 12.2 Å². The Labute approximate surface area is 185 Å². The van der Waals surface area contributed by atoms with E-state index >= 15 is 0 Å². The van der Waals surface area contributed by atoms with Crippen LogP contribution in [0, 0.1) is 0 Å². The largest absolute Gasteiger partial charge is 0.493 e. The number of carbonyl (C=O) groups excluding carboxylic acids is 4. The van der Waals surface area contributed by atoms with Crippen LogP contribution in [0.15, 0.2) is 24.3 Å². The molecule has 5 atom stereocenters. The summed E-state index contributed by atoms with van der Waals surface area (Å²) in [6.45, 7) is 4.48. The van der Waals surface area contributed by atoms with Crippen molar-refractivity contribution >= 4 is 23.8 Å². The molecule has 1 saturated heterocycles. The van der Waals surface area contributed by atoms with Crippen LogP contribution in [0.25, 0.3) is 0 Å². The highest BCUT2D eigenvalue weighted by atomic mass is 16.7. The smallest absolute Gasteiger partial charge is 0.303 e. The molecule has 0 bridgehead atoms. The number of esters is 3. The second-order valence-corrected chi connectivity index (χ2v) is 6.99. The molecule has 11 nitrogen and oxygen atoms in total. The maximum Gasteiger partial charge on any atom is 0.303 e. The molecule has 11 heteroatoms. The van der Waals surface area contributed by atoms with Crippen molar-refractivity contribution < 1.29 is 47.6 Å². The van der Waals surface area contributed by atoms with E-state index < -0.39 is 54.5 Å². The Kier molecular flexibility index (Phi) is 8.82. The van der Waals surface area contributed by atoms with Gasteiger partial charge in [-0.25, -0.2) is 0 Å². The average Bonchev–Trinajstić information content (AvgIpc) is 2.70. The van der Waals surface area contributed by atoms with Gasteiger partial charge in [-0.3, -0.25) is 19.2 Å². The monoisotopic (exact) mass is 453 g/mol. The number of methoxy groups -OCH3 is 1. The standard InChI is InChI=1S/C21H27NO10/c1-11(23)22-18-20(30-14(4)26)19(29-13(3)25)17(10-28-12(2)24)32-21(18)31-16-9-7-6-8-15(16)27-5/h6-9,17-21H,10H2,1-5H3,(H,22,23)/t17-,18-,19+,20+,21-/m1/s1. The molecule has 1 aromatic rings. The second-order valence-electron chi connectivity index (χ2n) is 6.99. The zero-order valence-electron chi connectivity index (χ0n) is 18.5. The van der Waals surface area contributed by atoms with Crippen LogP contribution in [0.3, 0.4) is 0 Å². The van der Waals surface area contributed by atoms with Crippen molar-refractivity contribution in [1.29, 1.82) is 0 Å². The topological polar surface area (TPSA) is 136 Å². The van der Waals surface area contributed by atoms with Crippen LogP contribution in [0.1, 0.15) is 27.7 Å². The minimum atomic E-state index is -1.22. The molecule has 1 fully saturated rings. The molecule has 1 amide bonds. The minimum Gasteiger partial charge on any atom is -0.493 e. The number of nitrogens with one attached hydrogen (secondary N) is 1. The third kappa shape index (κ3) is 6.84. The summed E-state index contributed by atoms with van der Waals surface area (Å²) in [7, 11) is 1.46. The summed E-state index contributed by atoms with van der Waals surface area (Å²) in [5.41, 5.74) is 0. The molecule has 176 valence electrons. The summed E-state index contributed by atoms with van der Waals surface area (Å²) in [6.07, 6.45) is -4.66. The highest BCUT2D eigenvalue weighted by Crippen LogP contribution is 2.32. The highest BCUT2D eigenvalue weighted by Gasteiger charge is 2.52. The molecule has 0 aliphatic carbocycles. The van der Waals surface area contributed by atoms with E-state index in [1.54, 1.807) is 24.3 Å². The molecule has 2 rings (SSSR count). The average molecular weight is 453 g/mol. The number of hydrogen-bond donors (Lipinski definition) is 1. The van der Waals surface area contributed by atoms with E-state index in [9.17, 15) is 19.2 Å². The van der Waals surface area contributed by atoms with E-state index in [1.165, 1.54) is 34.8 Å². The number of rotatable bonds is 8. The van der Waals surface area contributed by atoms with E-state index in [0.29, 0.717) is 5.75 Å². The molecule has 0 saturated carbocycles. The van der Waals surface area contributed by atoms with E-state index in [0.717, 1.165) is 0 Å². The summed E-state index contributed by atoms with van der Waals surface area (Å²) < 4.78 is 33.0. The van der Waals surface area contributed by atoms with Gasteiger partial charge in [0.25, 0.3) is 0 Å². The van der Waals surface area contributed by atoms with Gasteiger partial charge in [0.15, 0.2) is 23.7 Å². The zero-order valence-corrected chi connectivity index (χ0v) is 18.5. The Balaban J connectivity index is 2.48. The molecule has 1 heterocycles. The van der Waals surface area contributed by atoms with Crippen molar-refractivity contribution in [2.75, 3.05) is 13.7 Å². The first kappa shape index (κ1) is 24.9. The van der Waals surface area contributed by atoms with Gasteiger partial charge >= 0.3 is 17.9 Å². The normalized spacial score (nSPS) is 24.6. The lowest BCUT2D eigenvalue weighted by Crippen LogP contribution is -2.67. The Hall–Kier alpha value is -3.34. The molecule has 0 radical (unpaired) electrons. The Bertz CT molecular complexity index is 842. The quantitative estimate of drug-likeness (QED) is 0.443. The van der Waals surface area contributed by atoms with Crippen LogP contribution in [0.5, 0.6) is 11.5 Å². The van der Waals surface area contributed by atoms with Crippen LogP contribution in [0.2, 0.25) is 0 Å². The van der Waals surface area contributed by atoms with Gasteiger partial charge < -0.3 is 33.7 Å².